The molecule has 0 aromatic heterocycles. The van der Waals surface area contributed by atoms with Crippen LogP contribution in [0.5, 0.6) is 0 Å². The van der Waals surface area contributed by atoms with Gasteiger partial charge in [0.25, 0.3) is 0 Å². The van der Waals surface area contributed by atoms with Crippen molar-refractivity contribution in [2.24, 2.45) is 0 Å². The largest absolute Gasteiger partial charge is 0.396 e. The highest BCUT2D eigenvalue weighted by molar-refractivity contribution is 6.31. The molecule has 2 amide bonds. The Labute approximate surface area is 136 Å². The lowest BCUT2D eigenvalue weighted by atomic mass is 10.00. The third-order valence-electron chi connectivity index (χ3n) is 4.86. The summed E-state index contributed by atoms with van der Waals surface area (Å²) in [6.45, 7) is 0.919. The summed E-state index contributed by atoms with van der Waals surface area (Å²) in [4.78, 5) is 14.5. The number of hydrogen-bond acceptors (Lipinski definition) is 2. The lowest BCUT2D eigenvalue weighted by Gasteiger charge is -2.36. The molecule has 5 heteroatoms. The van der Waals surface area contributed by atoms with Gasteiger partial charge in [0.1, 0.15) is 0 Å². The highest BCUT2D eigenvalue weighted by Gasteiger charge is 2.30. The van der Waals surface area contributed by atoms with Gasteiger partial charge >= 0.3 is 6.03 Å². The van der Waals surface area contributed by atoms with Crippen LogP contribution in [-0.4, -0.2) is 35.2 Å². The number of piperidine rings is 1. The number of aliphatic hydroxyl groups is 1. The third kappa shape index (κ3) is 3.08. The minimum Gasteiger partial charge on any atom is -0.396 e. The van der Waals surface area contributed by atoms with E-state index < -0.39 is 0 Å². The number of halogens is 1. The van der Waals surface area contributed by atoms with E-state index in [1.807, 2.05) is 17.0 Å². The van der Waals surface area contributed by atoms with Crippen molar-refractivity contribution in [3.63, 3.8) is 0 Å². The molecule has 1 aromatic carbocycles. The number of rotatable bonds is 3. The number of hydrogen-bond donors (Lipinski definition) is 2. The summed E-state index contributed by atoms with van der Waals surface area (Å²) in [6, 6.07) is 6.13. The van der Waals surface area contributed by atoms with Crippen LogP contribution in [0.2, 0.25) is 5.02 Å². The highest BCUT2D eigenvalue weighted by Crippen LogP contribution is 2.35. The average Bonchev–Trinajstić information content (AvgIpc) is 2.93. The zero-order chi connectivity index (χ0) is 15.5. The Balaban J connectivity index is 1.69. The first-order chi connectivity index (χ1) is 10.7. The first-order valence-corrected chi connectivity index (χ1v) is 8.53. The number of aliphatic hydroxyl groups excluding tert-OH is 1. The van der Waals surface area contributed by atoms with E-state index in [9.17, 15) is 9.90 Å². The van der Waals surface area contributed by atoms with Crippen LogP contribution < -0.4 is 5.32 Å². The van der Waals surface area contributed by atoms with Crippen molar-refractivity contribution < 1.29 is 9.90 Å². The van der Waals surface area contributed by atoms with Gasteiger partial charge in [0.2, 0.25) is 0 Å². The molecule has 22 heavy (non-hydrogen) atoms. The second-order valence-electron chi connectivity index (χ2n) is 6.20. The Morgan fingerprint density at radius 3 is 3.05 bits per heavy atom. The van der Waals surface area contributed by atoms with Gasteiger partial charge < -0.3 is 15.3 Å². The molecule has 1 saturated heterocycles. The lowest BCUT2D eigenvalue weighted by molar-refractivity contribution is 0.129. The van der Waals surface area contributed by atoms with Crippen molar-refractivity contribution in [3.05, 3.63) is 34.3 Å². The Bertz CT molecular complexity index is 547. The van der Waals surface area contributed by atoms with Gasteiger partial charge in [-0.1, -0.05) is 23.7 Å². The summed E-state index contributed by atoms with van der Waals surface area (Å²) in [5, 5.41) is 13.2. The van der Waals surface area contributed by atoms with Gasteiger partial charge in [0, 0.05) is 24.2 Å². The zero-order valence-corrected chi connectivity index (χ0v) is 13.5. The van der Waals surface area contributed by atoms with Gasteiger partial charge in [-0.15, -0.1) is 0 Å². The molecule has 1 fully saturated rings. The molecule has 1 aromatic rings. The van der Waals surface area contributed by atoms with E-state index in [1.54, 1.807) is 0 Å². The Morgan fingerprint density at radius 2 is 2.23 bits per heavy atom. The normalized spacial score (nSPS) is 24.2. The molecular formula is C17H23ClN2O2. The van der Waals surface area contributed by atoms with E-state index in [1.165, 1.54) is 5.56 Å². The summed E-state index contributed by atoms with van der Waals surface area (Å²) in [5.74, 6) is 0. The van der Waals surface area contributed by atoms with Crippen LogP contribution in [0.1, 0.15) is 49.3 Å². The number of amides is 2. The Hall–Kier alpha value is -1.26. The van der Waals surface area contributed by atoms with Crippen molar-refractivity contribution in [2.75, 3.05) is 13.2 Å². The van der Waals surface area contributed by atoms with Crippen LogP contribution in [0.3, 0.4) is 0 Å². The van der Waals surface area contributed by atoms with Gasteiger partial charge in [-0.25, -0.2) is 4.79 Å². The third-order valence-corrected chi connectivity index (χ3v) is 5.22. The van der Waals surface area contributed by atoms with Crippen molar-refractivity contribution in [2.45, 2.75) is 50.6 Å². The minimum absolute atomic E-state index is 0.00373. The van der Waals surface area contributed by atoms with Gasteiger partial charge in [0.15, 0.2) is 0 Å². The molecular weight excluding hydrogens is 300 g/mol. The molecule has 120 valence electrons. The molecule has 0 bridgehead atoms. The fourth-order valence-corrected chi connectivity index (χ4v) is 3.99. The number of carbonyl (C=O) groups is 1. The van der Waals surface area contributed by atoms with Crippen LogP contribution in [0, 0.1) is 0 Å². The van der Waals surface area contributed by atoms with Crippen molar-refractivity contribution >= 4 is 17.6 Å². The highest BCUT2D eigenvalue weighted by atomic mass is 35.5. The SMILES string of the molecule is O=C(NC1CCc2c(Cl)cccc21)N1CCCCC1CCO. The van der Waals surface area contributed by atoms with Gasteiger partial charge in [-0.05, 0) is 55.7 Å². The molecule has 0 radical (unpaired) electrons. The van der Waals surface area contributed by atoms with Crippen LogP contribution in [0.25, 0.3) is 0 Å². The maximum Gasteiger partial charge on any atom is 0.318 e. The number of likely N-dealkylation sites (tertiary alicyclic amines) is 1. The van der Waals surface area contributed by atoms with Crippen molar-refractivity contribution in [3.8, 4) is 0 Å². The molecule has 1 aliphatic heterocycles. The van der Waals surface area contributed by atoms with E-state index in [-0.39, 0.29) is 24.7 Å². The first kappa shape index (κ1) is 15.6. The van der Waals surface area contributed by atoms with Gasteiger partial charge in [-0.3, -0.25) is 0 Å². The van der Waals surface area contributed by atoms with Crippen LogP contribution in [0.15, 0.2) is 18.2 Å². The molecule has 0 saturated carbocycles. The summed E-state index contributed by atoms with van der Waals surface area (Å²) < 4.78 is 0. The monoisotopic (exact) mass is 322 g/mol. The quantitative estimate of drug-likeness (QED) is 0.897. The van der Waals surface area contributed by atoms with Gasteiger partial charge in [0.05, 0.1) is 6.04 Å². The minimum atomic E-state index is -0.00373. The average molecular weight is 323 g/mol. The molecule has 3 rings (SSSR count). The van der Waals surface area contributed by atoms with E-state index >= 15 is 0 Å². The van der Waals surface area contributed by atoms with Crippen molar-refractivity contribution in [1.82, 2.24) is 10.2 Å². The summed E-state index contributed by atoms with van der Waals surface area (Å²) in [7, 11) is 0. The van der Waals surface area contributed by atoms with E-state index in [2.05, 4.69) is 11.4 Å². The maximum absolute atomic E-state index is 12.6. The van der Waals surface area contributed by atoms with E-state index in [4.69, 9.17) is 11.6 Å². The standard InChI is InChI=1S/C17H23ClN2O2/c18-15-6-3-5-14-13(15)7-8-16(14)19-17(22)20-10-2-1-4-12(20)9-11-21/h3,5-6,12,16,21H,1-2,4,7-11H2,(H,19,22). The summed E-state index contributed by atoms with van der Waals surface area (Å²) in [6.07, 6.45) is 5.66. The molecule has 1 heterocycles. The van der Waals surface area contributed by atoms with Crippen molar-refractivity contribution in [1.29, 1.82) is 0 Å². The number of nitrogens with one attached hydrogen (secondary N) is 1. The number of benzene rings is 1. The molecule has 2 N–H and O–H groups in total. The predicted molar refractivity (Wildman–Crippen MR) is 87.1 cm³/mol. The Morgan fingerprint density at radius 1 is 1.36 bits per heavy atom. The molecule has 2 unspecified atom stereocenters. The van der Waals surface area contributed by atoms with Crippen LogP contribution >= 0.6 is 11.6 Å². The fraction of sp³-hybridized carbons (Fsp3) is 0.588. The number of nitrogens with zero attached hydrogens (tertiary/aromatic N) is 1. The number of fused-ring (bicyclic) bond motifs is 1. The molecule has 2 aliphatic rings. The lowest BCUT2D eigenvalue weighted by Crippen LogP contribution is -2.49. The summed E-state index contributed by atoms with van der Waals surface area (Å²) in [5.41, 5.74) is 2.32. The van der Waals surface area contributed by atoms with E-state index in [0.29, 0.717) is 6.42 Å². The second kappa shape index (κ2) is 6.88. The zero-order valence-electron chi connectivity index (χ0n) is 12.7. The van der Waals surface area contributed by atoms with Gasteiger partial charge in [-0.2, -0.15) is 0 Å². The Kier molecular flexibility index (Phi) is 4.89. The number of urea groups is 1. The van der Waals surface area contributed by atoms with E-state index in [0.717, 1.165) is 49.2 Å². The maximum atomic E-state index is 12.6. The molecule has 1 aliphatic carbocycles. The topological polar surface area (TPSA) is 52.6 Å². The molecule has 0 spiro atoms. The number of carbonyl (C=O) groups excluding carboxylic acids is 1. The second-order valence-corrected chi connectivity index (χ2v) is 6.61. The van der Waals surface area contributed by atoms with Crippen LogP contribution in [-0.2, 0) is 6.42 Å². The molecule has 4 nitrogen and oxygen atoms in total. The fourth-order valence-electron chi connectivity index (χ4n) is 3.71. The predicted octanol–water partition coefficient (Wildman–Crippen LogP) is 3.27. The summed E-state index contributed by atoms with van der Waals surface area (Å²) >= 11 is 6.23. The first-order valence-electron chi connectivity index (χ1n) is 8.16. The van der Waals surface area contributed by atoms with Crippen LogP contribution in [0.4, 0.5) is 4.79 Å². The smallest absolute Gasteiger partial charge is 0.318 e. The molecule has 2 atom stereocenters.